The molecule has 3 aromatic rings. The van der Waals surface area contributed by atoms with Gasteiger partial charge in [-0.05, 0) is 30.2 Å². The predicted molar refractivity (Wildman–Crippen MR) is 128 cm³/mol. The SMILES string of the molecule is CN(c1ccc(S(=O)(=O)Nc2ncns2)cc1Cl)[C@H]1CCN(Cc2ccccc2)C1.Cl. The lowest BCUT2D eigenvalue weighted by Gasteiger charge is -2.28. The molecular formula is C20H23Cl2N5O2S2. The van der Waals surface area contributed by atoms with E-state index in [1.807, 2.05) is 13.1 Å². The van der Waals surface area contributed by atoms with Gasteiger partial charge >= 0.3 is 0 Å². The van der Waals surface area contributed by atoms with Crippen LogP contribution in [0.3, 0.4) is 0 Å². The highest BCUT2D eigenvalue weighted by Crippen LogP contribution is 2.32. The van der Waals surface area contributed by atoms with Crippen molar-refractivity contribution in [1.82, 2.24) is 14.3 Å². The van der Waals surface area contributed by atoms with E-state index in [2.05, 4.69) is 48.1 Å². The summed E-state index contributed by atoms with van der Waals surface area (Å²) in [6.45, 7) is 2.87. The van der Waals surface area contributed by atoms with Crippen molar-refractivity contribution in [1.29, 1.82) is 0 Å². The molecule has 1 aliphatic rings. The van der Waals surface area contributed by atoms with Gasteiger partial charge in [-0.15, -0.1) is 12.4 Å². The summed E-state index contributed by atoms with van der Waals surface area (Å²) in [6, 6.07) is 15.6. The number of nitrogens with one attached hydrogen (secondary N) is 1. The van der Waals surface area contributed by atoms with Crippen molar-refractivity contribution in [3.63, 3.8) is 0 Å². The molecule has 0 spiro atoms. The highest BCUT2D eigenvalue weighted by Gasteiger charge is 2.27. The molecule has 0 aliphatic carbocycles. The van der Waals surface area contributed by atoms with Crippen molar-refractivity contribution >= 4 is 56.4 Å². The summed E-state index contributed by atoms with van der Waals surface area (Å²) in [4.78, 5) is 8.52. The summed E-state index contributed by atoms with van der Waals surface area (Å²) >= 11 is 7.46. The molecule has 1 fully saturated rings. The molecule has 1 atom stereocenters. The fraction of sp³-hybridized carbons (Fsp3) is 0.300. The third-order valence-corrected chi connectivity index (χ3v) is 7.59. The molecule has 1 aromatic heterocycles. The molecule has 1 N–H and O–H groups in total. The van der Waals surface area contributed by atoms with E-state index >= 15 is 0 Å². The lowest BCUT2D eigenvalue weighted by Crippen LogP contribution is -2.34. The number of hydrogen-bond acceptors (Lipinski definition) is 7. The summed E-state index contributed by atoms with van der Waals surface area (Å²) in [5.74, 6) is 0. The van der Waals surface area contributed by atoms with Crippen LogP contribution in [-0.4, -0.2) is 48.9 Å². The molecule has 4 rings (SSSR count). The largest absolute Gasteiger partial charge is 0.369 e. The quantitative estimate of drug-likeness (QED) is 0.526. The van der Waals surface area contributed by atoms with Gasteiger partial charge in [-0.1, -0.05) is 41.9 Å². The summed E-state index contributed by atoms with van der Waals surface area (Å²) < 4.78 is 31.3. The Balaban J connectivity index is 0.00000272. The number of likely N-dealkylation sites (N-methyl/N-ethyl adjacent to an activating group) is 1. The first-order valence-corrected chi connectivity index (χ1v) is 12.1. The van der Waals surface area contributed by atoms with Crippen LogP contribution < -0.4 is 9.62 Å². The number of halogens is 2. The molecule has 0 amide bonds. The van der Waals surface area contributed by atoms with Gasteiger partial charge in [0, 0.05) is 44.3 Å². The van der Waals surface area contributed by atoms with E-state index in [4.69, 9.17) is 11.6 Å². The maximum atomic E-state index is 12.6. The van der Waals surface area contributed by atoms with E-state index in [1.165, 1.54) is 18.0 Å². The van der Waals surface area contributed by atoms with Gasteiger partial charge in [0.25, 0.3) is 10.0 Å². The minimum absolute atomic E-state index is 0. The minimum atomic E-state index is -3.76. The monoisotopic (exact) mass is 499 g/mol. The Labute approximate surface area is 197 Å². The molecule has 0 saturated carbocycles. The van der Waals surface area contributed by atoms with Gasteiger partial charge in [-0.25, -0.2) is 13.4 Å². The van der Waals surface area contributed by atoms with Crippen LogP contribution in [0.25, 0.3) is 0 Å². The zero-order valence-electron chi connectivity index (χ0n) is 16.8. The van der Waals surface area contributed by atoms with Gasteiger partial charge in [-0.2, -0.15) is 4.37 Å². The van der Waals surface area contributed by atoms with E-state index in [-0.39, 0.29) is 22.4 Å². The van der Waals surface area contributed by atoms with E-state index in [0.717, 1.165) is 43.3 Å². The Morgan fingerprint density at radius 3 is 2.71 bits per heavy atom. The second kappa shape index (κ2) is 10.1. The van der Waals surface area contributed by atoms with Crippen LogP contribution in [0.4, 0.5) is 10.8 Å². The lowest BCUT2D eigenvalue weighted by atomic mass is 10.2. The van der Waals surface area contributed by atoms with Crippen molar-refractivity contribution in [2.45, 2.75) is 23.9 Å². The summed E-state index contributed by atoms with van der Waals surface area (Å²) in [5, 5.41) is 0.621. The van der Waals surface area contributed by atoms with E-state index in [9.17, 15) is 8.42 Å². The smallest absolute Gasteiger partial charge is 0.263 e. The maximum absolute atomic E-state index is 12.6. The second-order valence-electron chi connectivity index (χ2n) is 7.24. The van der Waals surface area contributed by atoms with E-state index in [1.54, 1.807) is 12.1 Å². The van der Waals surface area contributed by atoms with E-state index in [0.29, 0.717) is 11.1 Å². The van der Waals surface area contributed by atoms with Gasteiger partial charge < -0.3 is 4.90 Å². The van der Waals surface area contributed by atoms with Gasteiger partial charge in [0.2, 0.25) is 5.13 Å². The Hall–Kier alpha value is -1.91. The second-order valence-corrected chi connectivity index (χ2v) is 10.1. The first kappa shape index (κ1) is 23.7. The van der Waals surface area contributed by atoms with Crippen molar-refractivity contribution < 1.29 is 8.42 Å². The minimum Gasteiger partial charge on any atom is -0.369 e. The molecule has 166 valence electrons. The van der Waals surface area contributed by atoms with Crippen LogP contribution in [0.5, 0.6) is 0 Å². The van der Waals surface area contributed by atoms with Crippen molar-refractivity contribution in [2.75, 3.05) is 29.8 Å². The molecule has 1 saturated heterocycles. The predicted octanol–water partition coefficient (Wildman–Crippen LogP) is 4.12. The molecule has 7 nitrogen and oxygen atoms in total. The number of sulfonamides is 1. The number of aromatic nitrogens is 2. The normalized spacial score (nSPS) is 16.6. The third-order valence-electron chi connectivity index (χ3n) is 5.24. The summed E-state index contributed by atoms with van der Waals surface area (Å²) in [5.41, 5.74) is 2.12. The van der Waals surface area contributed by atoms with Crippen LogP contribution in [0.15, 0.2) is 59.8 Å². The van der Waals surface area contributed by atoms with E-state index < -0.39 is 10.0 Å². The number of nitrogens with zero attached hydrogens (tertiary/aromatic N) is 4. The molecule has 1 aliphatic heterocycles. The van der Waals surface area contributed by atoms with Crippen LogP contribution in [-0.2, 0) is 16.6 Å². The van der Waals surface area contributed by atoms with Gasteiger partial charge in [0.15, 0.2) is 0 Å². The van der Waals surface area contributed by atoms with Crippen LogP contribution in [0.1, 0.15) is 12.0 Å². The average Bonchev–Trinajstić information content (AvgIpc) is 3.40. The van der Waals surface area contributed by atoms with Gasteiger partial charge in [-0.3, -0.25) is 9.62 Å². The molecule has 2 heterocycles. The molecule has 0 unspecified atom stereocenters. The number of hydrogen-bond donors (Lipinski definition) is 1. The molecule has 31 heavy (non-hydrogen) atoms. The van der Waals surface area contributed by atoms with Crippen molar-refractivity contribution in [3.8, 4) is 0 Å². The Morgan fingerprint density at radius 1 is 1.26 bits per heavy atom. The molecule has 11 heteroatoms. The first-order chi connectivity index (χ1) is 14.4. The van der Waals surface area contributed by atoms with Crippen LogP contribution in [0.2, 0.25) is 5.02 Å². The van der Waals surface area contributed by atoms with Crippen LogP contribution in [0, 0.1) is 0 Å². The standard InChI is InChI=1S/C20H22ClN5O2S2.ClH/c1-25(16-9-10-26(13-16)12-15-5-3-2-4-6-15)19-8-7-17(11-18(19)21)30(27,28)24-20-22-14-23-29-20;/h2-8,11,14,16H,9-10,12-13H2,1H3,(H,22,23,24);1H/t16-;/m0./s1. The summed E-state index contributed by atoms with van der Waals surface area (Å²) in [6.07, 6.45) is 2.33. The Bertz CT molecular complexity index is 1100. The highest BCUT2D eigenvalue weighted by molar-refractivity contribution is 7.93. The van der Waals surface area contributed by atoms with Crippen LogP contribution >= 0.6 is 35.5 Å². The molecule has 0 radical (unpaired) electrons. The fourth-order valence-electron chi connectivity index (χ4n) is 3.64. The zero-order valence-corrected chi connectivity index (χ0v) is 20.0. The fourth-order valence-corrected chi connectivity index (χ4v) is 5.71. The molecule has 0 bridgehead atoms. The third kappa shape index (κ3) is 5.67. The summed E-state index contributed by atoms with van der Waals surface area (Å²) in [7, 11) is -1.76. The van der Waals surface area contributed by atoms with Gasteiger partial charge in [0.05, 0.1) is 15.6 Å². The zero-order chi connectivity index (χ0) is 21.1. The maximum Gasteiger partial charge on any atom is 0.263 e. The van der Waals surface area contributed by atoms with Crippen molar-refractivity contribution in [3.05, 3.63) is 65.4 Å². The topological polar surface area (TPSA) is 78.4 Å². The Morgan fingerprint density at radius 2 is 2.03 bits per heavy atom. The lowest BCUT2D eigenvalue weighted by molar-refractivity contribution is 0.326. The number of likely N-dealkylation sites (tertiary alicyclic amines) is 1. The Kier molecular flexibility index (Phi) is 7.77. The number of benzene rings is 2. The highest BCUT2D eigenvalue weighted by atomic mass is 35.5. The number of rotatable bonds is 7. The molecular weight excluding hydrogens is 477 g/mol. The number of anilines is 2. The van der Waals surface area contributed by atoms with Crippen molar-refractivity contribution in [2.24, 2.45) is 0 Å². The first-order valence-electron chi connectivity index (χ1n) is 9.50. The van der Waals surface area contributed by atoms with Gasteiger partial charge in [0.1, 0.15) is 6.33 Å². The average molecular weight is 500 g/mol. The molecule has 2 aromatic carbocycles.